The Hall–Kier alpha value is -2.05. The van der Waals surface area contributed by atoms with Gasteiger partial charge in [0.05, 0.1) is 12.0 Å². The molecule has 0 aliphatic carbocycles. The molecule has 0 aliphatic rings. The van der Waals surface area contributed by atoms with Crippen LogP contribution in [0.15, 0.2) is 53.4 Å². The van der Waals surface area contributed by atoms with Crippen molar-refractivity contribution in [1.29, 1.82) is 0 Å². The molecule has 0 atom stereocenters. The van der Waals surface area contributed by atoms with Crippen molar-refractivity contribution in [2.24, 2.45) is 0 Å². The second kappa shape index (κ2) is 7.29. The molecule has 0 spiro atoms. The molecule has 0 unspecified atom stereocenters. The van der Waals surface area contributed by atoms with Crippen molar-refractivity contribution < 1.29 is 17.9 Å². The van der Waals surface area contributed by atoms with Crippen molar-refractivity contribution in [2.75, 3.05) is 20.3 Å². The van der Waals surface area contributed by atoms with E-state index in [1.165, 1.54) is 0 Å². The summed E-state index contributed by atoms with van der Waals surface area (Å²) < 4.78 is 37.5. The number of ether oxygens (including phenoxy) is 2. The minimum absolute atomic E-state index is 0.188. The molecule has 0 fully saturated rings. The molecule has 0 saturated carbocycles. The van der Waals surface area contributed by atoms with Gasteiger partial charge in [0.15, 0.2) is 0 Å². The predicted octanol–water partition coefficient (Wildman–Crippen LogP) is 2.36. The van der Waals surface area contributed by atoms with Gasteiger partial charge in [-0.25, -0.2) is 13.1 Å². The largest absolute Gasteiger partial charge is 0.497 e. The highest BCUT2D eigenvalue weighted by Gasteiger charge is 2.15. The van der Waals surface area contributed by atoms with E-state index < -0.39 is 10.0 Å². The highest BCUT2D eigenvalue weighted by Crippen LogP contribution is 2.18. The maximum Gasteiger partial charge on any atom is 0.240 e. The smallest absolute Gasteiger partial charge is 0.240 e. The monoisotopic (exact) mass is 321 g/mol. The van der Waals surface area contributed by atoms with Crippen LogP contribution in [0, 0.1) is 6.92 Å². The quantitative estimate of drug-likeness (QED) is 0.795. The maximum atomic E-state index is 12.2. The molecule has 5 nitrogen and oxygen atoms in total. The molecule has 2 rings (SSSR count). The summed E-state index contributed by atoms with van der Waals surface area (Å²) in [5, 5.41) is 0. The zero-order chi connectivity index (χ0) is 16.0. The molecule has 0 aliphatic heterocycles. The van der Waals surface area contributed by atoms with Gasteiger partial charge in [-0.2, -0.15) is 0 Å². The number of benzene rings is 2. The summed E-state index contributed by atoms with van der Waals surface area (Å²) in [6, 6.07) is 14.0. The second-order valence-electron chi connectivity index (χ2n) is 4.69. The molecular weight excluding hydrogens is 302 g/mol. The SMILES string of the molecule is COc1cccc(OCCNS(=O)(=O)c2ccccc2C)c1. The summed E-state index contributed by atoms with van der Waals surface area (Å²) in [5.74, 6) is 1.33. The number of methoxy groups -OCH3 is 1. The lowest BCUT2D eigenvalue weighted by molar-refractivity contribution is 0.320. The molecule has 2 aromatic carbocycles. The minimum Gasteiger partial charge on any atom is -0.497 e. The molecule has 6 heteroatoms. The molecule has 0 bridgehead atoms. The van der Waals surface area contributed by atoms with Crippen LogP contribution in [-0.4, -0.2) is 28.7 Å². The molecule has 1 N–H and O–H groups in total. The minimum atomic E-state index is -3.51. The number of hydrogen-bond donors (Lipinski definition) is 1. The molecular formula is C16H19NO4S. The van der Waals surface area contributed by atoms with Crippen molar-refractivity contribution in [3.05, 3.63) is 54.1 Å². The number of hydrogen-bond acceptors (Lipinski definition) is 4. The third kappa shape index (κ3) is 4.22. The van der Waals surface area contributed by atoms with Gasteiger partial charge >= 0.3 is 0 Å². The van der Waals surface area contributed by atoms with E-state index in [1.807, 2.05) is 12.1 Å². The van der Waals surface area contributed by atoms with E-state index in [4.69, 9.17) is 9.47 Å². The van der Waals surface area contributed by atoms with Crippen LogP contribution < -0.4 is 14.2 Å². The Labute approximate surface area is 130 Å². The molecule has 0 heterocycles. The number of aryl methyl sites for hydroxylation is 1. The summed E-state index contributed by atoms with van der Waals surface area (Å²) in [4.78, 5) is 0.288. The molecule has 118 valence electrons. The number of sulfonamides is 1. The molecule has 2 aromatic rings. The van der Waals surface area contributed by atoms with Crippen LogP contribution in [0.25, 0.3) is 0 Å². The van der Waals surface area contributed by atoms with Crippen molar-refractivity contribution in [2.45, 2.75) is 11.8 Å². The van der Waals surface area contributed by atoms with Crippen molar-refractivity contribution in [3.8, 4) is 11.5 Å². The first kappa shape index (κ1) is 16.3. The van der Waals surface area contributed by atoms with Gasteiger partial charge in [-0.3, -0.25) is 0 Å². The Bertz CT molecular complexity index is 728. The lowest BCUT2D eigenvalue weighted by atomic mass is 10.2. The van der Waals surface area contributed by atoms with E-state index in [-0.39, 0.29) is 18.0 Å². The molecule has 0 radical (unpaired) electrons. The van der Waals surface area contributed by atoms with Crippen LogP contribution in [0.1, 0.15) is 5.56 Å². The first-order chi connectivity index (χ1) is 10.5. The fraction of sp³-hybridized carbons (Fsp3) is 0.250. The summed E-state index contributed by atoms with van der Waals surface area (Å²) in [6.07, 6.45) is 0. The van der Waals surface area contributed by atoms with Crippen LogP contribution in [0.5, 0.6) is 11.5 Å². The summed E-state index contributed by atoms with van der Waals surface area (Å²) in [5.41, 5.74) is 0.712. The summed E-state index contributed by atoms with van der Waals surface area (Å²) >= 11 is 0. The average Bonchev–Trinajstić information content (AvgIpc) is 2.52. The Balaban J connectivity index is 1.89. The van der Waals surface area contributed by atoms with Crippen LogP contribution in [-0.2, 0) is 10.0 Å². The first-order valence-corrected chi connectivity index (χ1v) is 8.33. The van der Waals surface area contributed by atoms with Crippen LogP contribution in [0.3, 0.4) is 0 Å². The first-order valence-electron chi connectivity index (χ1n) is 6.85. The Morgan fingerprint density at radius 1 is 1.05 bits per heavy atom. The van der Waals surface area contributed by atoms with E-state index in [0.717, 1.165) is 0 Å². The highest BCUT2D eigenvalue weighted by atomic mass is 32.2. The topological polar surface area (TPSA) is 64.6 Å². The van der Waals surface area contributed by atoms with Gasteiger partial charge in [0.25, 0.3) is 0 Å². The van der Waals surface area contributed by atoms with Crippen molar-refractivity contribution in [3.63, 3.8) is 0 Å². The van der Waals surface area contributed by atoms with Crippen LogP contribution in [0.4, 0.5) is 0 Å². The Morgan fingerprint density at radius 2 is 1.77 bits per heavy atom. The van der Waals surface area contributed by atoms with Gasteiger partial charge in [0.1, 0.15) is 18.1 Å². The lowest BCUT2D eigenvalue weighted by Gasteiger charge is -2.10. The molecule has 0 aromatic heterocycles. The van der Waals surface area contributed by atoms with Gasteiger partial charge < -0.3 is 9.47 Å². The van der Waals surface area contributed by atoms with Crippen LogP contribution >= 0.6 is 0 Å². The number of rotatable bonds is 7. The number of nitrogens with one attached hydrogen (secondary N) is 1. The molecule has 0 saturated heterocycles. The van der Waals surface area contributed by atoms with Crippen LogP contribution in [0.2, 0.25) is 0 Å². The Kier molecular flexibility index (Phi) is 5.41. The van der Waals surface area contributed by atoms with E-state index >= 15 is 0 Å². The third-order valence-corrected chi connectivity index (χ3v) is 4.71. The zero-order valence-electron chi connectivity index (χ0n) is 12.6. The maximum absolute atomic E-state index is 12.2. The third-order valence-electron chi connectivity index (χ3n) is 3.09. The predicted molar refractivity (Wildman–Crippen MR) is 84.9 cm³/mol. The lowest BCUT2D eigenvalue weighted by Crippen LogP contribution is -2.28. The van der Waals surface area contributed by atoms with Gasteiger partial charge in [-0.15, -0.1) is 0 Å². The highest BCUT2D eigenvalue weighted by molar-refractivity contribution is 7.89. The zero-order valence-corrected chi connectivity index (χ0v) is 13.4. The normalized spacial score (nSPS) is 11.2. The van der Waals surface area contributed by atoms with Gasteiger partial charge in [0, 0.05) is 12.6 Å². The molecule has 22 heavy (non-hydrogen) atoms. The van der Waals surface area contributed by atoms with Gasteiger partial charge in [0.2, 0.25) is 10.0 Å². The van der Waals surface area contributed by atoms with E-state index in [1.54, 1.807) is 50.4 Å². The second-order valence-corrected chi connectivity index (χ2v) is 6.43. The average molecular weight is 321 g/mol. The van der Waals surface area contributed by atoms with Crippen molar-refractivity contribution in [1.82, 2.24) is 4.72 Å². The fourth-order valence-electron chi connectivity index (χ4n) is 1.97. The van der Waals surface area contributed by atoms with Gasteiger partial charge in [-0.1, -0.05) is 24.3 Å². The molecule has 0 amide bonds. The fourth-order valence-corrected chi connectivity index (χ4v) is 3.23. The standard InChI is InChI=1S/C16H19NO4S/c1-13-6-3-4-9-16(13)22(18,19)17-10-11-21-15-8-5-7-14(12-15)20-2/h3-9,12,17H,10-11H2,1-2H3. The Morgan fingerprint density at radius 3 is 2.50 bits per heavy atom. The van der Waals surface area contributed by atoms with E-state index in [9.17, 15) is 8.42 Å². The summed E-state index contributed by atoms with van der Waals surface area (Å²) in [7, 11) is -1.93. The van der Waals surface area contributed by atoms with E-state index in [0.29, 0.717) is 17.1 Å². The van der Waals surface area contributed by atoms with Crippen molar-refractivity contribution >= 4 is 10.0 Å². The summed E-state index contributed by atoms with van der Waals surface area (Å²) in [6.45, 7) is 2.19. The van der Waals surface area contributed by atoms with E-state index in [2.05, 4.69) is 4.72 Å². The van der Waals surface area contributed by atoms with Gasteiger partial charge in [-0.05, 0) is 30.7 Å².